The Morgan fingerprint density at radius 2 is 1.96 bits per heavy atom. The van der Waals surface area contributed by atoms with Crippen LogP contribution in [0.1, 0.15) is 43.0 Å². The first-order valence-corrected chi connectivity index (χ1v) is 9.49. The van der Waals surface area contributed by atoms with Gasteiger partial charge in [0, 0.05) is 35.8 Å². The number of hydrogen-bond acceptors (Lipinski definition) is 3. The molecular formula is C19H27Cl2N3O2. The van der Waals surface area contributed by atoms with Crippen LogP contribution < -0.4 is 10.6 Å². The Morgan fingerprint density at radius 1 is 1.23 bits per heavy atom. The monoisotopic (exact) mass is 399 g/mol. The van der Waals surface area contributed by atoms with Gasteiger partial charge in [0.25, 0.3) is 5.91 Å². The van der Waals surface area contributed by atoms with E-state index in [1.54, 1.807) is 29.2 Å². The second-order valence-electron chi connectivity index (χ2n) is 7.18. The van der Waals surface area contributed by atoms with Crippen molar-refractivity contribution >= 4 is 35.8 Å². The zero-order valence-corrected chi connectivity index (χ0v) is 16.6. The third-order valence-electron chi connectivity index (χ3n) is 5.14. The molecule has 3 unspecified atom stereocenters. The maximum absolute atomic E-state index is 12.7. The molecule has 0 aromatic heterocycles. The smallest absolute Gasteiger partial charge is 0.253 e. The van der Waals surface area contributed by atoms with Gasteiger partial charge in [0.15, 0.2) is 0 Å². The third-order valence-corrected chi connectivity index (χ3v) is 5.39. The lowest BCUT2D eigenvalue weighted by atomic mass is 9.94. The van der Waals surface area contributed by atoms with Crippen LogP contribution in [-0.4, -0.2) is 48.4 Å². The highest BCUT2D eigenvalue weighted by molar-refractivity contribution is 6.30. The van der Waals surface area contributed by atoms with Crippen LogP contribution in [0.2, 0.25) is 5.02 Å². The summed E-state index contributed by atoms with van der Waals surface area (Å²) in [6.07, 6.45) is 3.64. The number of benzene rings is 1. The van der Waals surface area contributed by atoms with E-state index in [4.69, 9.17) is 11.6 Å². The Bertz CT molecular complexity index is 624. The number of amides is 2. The standard InChI is InChI=1S/C19H26ClN3O2.ClH/c1-13-11-17(8-9-21-13)22-18(24)15-3-2-10-23(12-15)19(25)14-4-6-16(20)7-5-14;/h4-7,13,15,17,21H,2-3,8-12H2,1H3,(H,22,24);1H. The van der Waals surface area contributed by atoms with Crippen LogP contribution in [0, 0.1) is 5.92 Å². The summed E-state index contributed by atoms with van der Waals surface area (Å²) in [6, 6.07) is 7.61. The summed E-state index contributed by atoms with van der Waals surface area (Å²) in [5, 5.41) is 7.20. The highest BCUT2D eigenvalue weighted by atomic mass is 35.5. The predicted molar refractivity (Wildman–Crippen MR) is 106 cm³/mol. The van der Waals surface area contributed by atoms with Gasteiger partial charge in [0.05, 0.1) is 5.92 Å². The van der Waals surface area contributed by atoms with Crippen molar-refractivity contribution < 1.29 is 9.59 Å². The van der Waals surface area contributed by atoms with Gasteiger partial charge in [-0.2, -0.15) is 0 Å². The normalized spacial score (nSPS) is 25.9. The molecule has 3 atom stereocenters. The molecule has 0 bridgehead atoms. The van der Waals surface area contributed by atoms with Gasteiger partial charge < -0.3 is 15.5 Å². The fourth-order valence-corrected chi connectivity index (χ4v) is 3.86. The SMILES string of the molecule is CC1CC(NC(=O)C2CCCN(C(=O)c3ccc(Cl)cc3)C2)CCN1.Cl. The fourth-order valence-electron chi connectivity index (χ4n) is 3.73. The molecule has 144 valence electrons. The van der Waals surface area contributed by atoms with Crippen LogP contribution >= 0.6 is 24.0 Å². The summed E-state index contributed by atoms with van der Waals surface area (Å²) in [7, 11) is 0. The lowest BCUT2D eigenvalue weighted by Crippen LogP contribution is -2.51. The first-order valence-electron chi connectivity index (χ1n) is 9.11. The molecule has 0 radical (unpaired) electrons. The van der Waals surface area contributed by atoms with E-state index in [1.807, 2.05) is 0 Å². The Morgan fingerprint density at radius 3 is 2.65 bits per heavy atom. The number of carbonyl (C=O) groups excluding carboxylic acids is 2. The zero-order valence-electron chi connectivity index (χ0n) is 15.0. The van der Waals surface area contributed by atoms with Gasteiger partial charge in [-0.3, -0.25) is 9.59 Å². The van der Waals surface area contributed by atoms with Crippen molar-refractivity contribution in [1.82, 2.24) is 15.5 Å². The van der Waals surface area contributed by atoms with Gasteiger partial charge >= 0.3 is 0 Å². The largest absolute Gasteiger partial charge is 0.353 e. The van der Waals surface area contributed by atoms with Crippen molar-refractivity contribution in [2.24, 2.45) is 5.92 Å². The minimum atomic E-state index is -0.116. The molecule has 2 N–H and O–H groups in total. The lowest BCUT2D eigenvalue weighted by molar-refractivity contribution is -0.127. The average Bonchev–Trinajstić information content (AvgIpc) is 2.62. The van der Waals surface area contributed by atoms with Crippen molar-refractivity contribution in [2.75, 3.05) is 19.6 Å². The van der Waals surface area contributed by atoms with Crippen LogP contribution in [-0.2, 0) is 4.79 Å². The second kappa shape index (κ2) is 9.58. The Kier molecular flexibility index (Phi) is 7.74. The van der Waals surface area contributed by atoms with Crippen LogP contribution in [0.15, 0.2) is 24.3 Å². The van der Waals surface area contributed by atoms with E-state index in [-0.39, 0.29) is 36.2 Å². The van der Waals surface area contributed by atoms with Gasteiger partial charge in [0.1, 0.15) is 0 Å². The third kappa shape index (κ3) is 5.35. The van der Waals surface area contributed by atoms with E-state index < -0.39 is 0 Å². The van der Waals surface area contributed by atoms with Gasteiger partial charge in [-0.1, -0.05) is 11.6 Å². The van der Waals surface area contributed by atoms with Crippen molar-refractivity contribution in [3.8, 4) is 0 Å². The fraction of sp³-hybridized carbons (Fsp3) is 0.579. The van der Waals surface area contributed by atoms with Crippen molar-refractivity contribution in [1.29, 1.82) is 0 Å². The molecule has 2 saturated heterocycles. The van der Waals surface area contributed by atoms with Crippen molar-refractivity contribution in [2.45, 2.75) is 44.7 Å². The second-order valence-corrected chi connectivity index (χ2v) is 7.62. The number of halogens is 2. The summed E-state index contributed by atoms with van der Waals surface area (Å²) in [6.45, 7) is 4.28. The Balaban J connectivity index is 0.00000243. The predicted octanol–water partition coefficient (Wildman–Crippen LogP) is 2.87. The molecular weight excluding hydrogens is 373 g/mol. The van der Waals surface area contributed by atoms with E-state index in [2.05, 4.69) is 17.6 Å². The minimum Gasteiger partial charge on any atom is -0.353 e. The maximum atomic E-state index is 12.7. The maximum Gasteiger partial charge on any atom is 0.253 e. The molecule has 5 nitrogen and oxygen atoms in total. The first-order chi connectivity index (χ1) is 12.0. The number of nitrogens with one attached hydrogen (secondary N) is 2. The molecule has 2 amide bonds. The van der Waals surface area contributed by atoms with E-state index in [1.165, 1.54) is 0 Å². The van der Waals surface area contributed by atoms with E-state index >= 15 is 0 Å². The first kappa shape index (κ1) is 21.0. The number of piperidine rings is 2. The molecule has 2 heterocycles. The van der Waals surface area contributed by atoms with Gasteiger partial charge in [-0.25, -0.2) is 0 Å². The molecule has 26 heavy (non-hydrogen) atoms. The lowest BCUT2D eigenvalue weighted by Gasteiger charge is -2.34. The number of hydrogen-bond donors (Lipinski definition) is 2. The van der Waals surface area contributed by atoms with Crippen LogP contribution in [0.5, 0.6) is 0 Å². The summed E-state index contributed by atoms with van der Waals surface area (Å²) in [5.74, 6) is -0.0486. The van der Waals surface area contributed by atoms with Crippen LogP contribution in [0.4, 0.5) is 0 Å². The minimum absolute atomic E-state index is 0. The Hall–Kier alpha value is -1.30. The highest BCUT2D eigenvalue weighted by Crippen LogP contribution is 2.20. The molecule has 7 heteroatoms. The van der Waals surface area contributed by atoms with E-state index in [0.717, 1.165) is 32.2 Å². The molecule has 2 fully saturated rings. The topological polar surface area (TPSA) is 61.4 Å². The van der Waals surface area contributed by atoms with Gasteiger partial charge in [0.2, 0.25) is 5.91 Å². The summed E-state index contributed by atoms with van der Waals surface area (Å²) >= 11 is 5.89. The van der Waals surface area contributed by atoms with Crippen molar-refractivity contribution in [3.63, 3.8) is 0 Å². The van der Waals surface area contributed by atoms with Crippen LogP contribution in [0.25, 0.3) is 0 Å². The van der Waals surface area contributed by atoms with Crippen molar-refractivity contribution in [3.05, 3.63) is 34.9 Å². The van der Waals surface area contributed by atoms with E-state index in [9.17, 15) is 9.59 Å². The summed E-state index contributed by atoms with van der Waals surface area (Å²) in [5.41, 5.74) is 0.623. The number of rotatable bonds is 3. The summed E-state index contributed by atoms with van der Waals surface area (Å²) < 4.78 is 0. The van der Waals surface area contributed by atoms with E-state index in [0.29, 0.717) is 29.7 Å². The Labute approximate surface area is 166 Å². The van der Waals surface area contributed by atoms with Gasteiger partial charge in [-0.15, -0.1) is 12.4 Å². The molecule has 1 aromatic carbocycles. The number of carbonyl (C=O) groups is 2. The molecule has 0 aliphatic carbocycles. The number of likely N-dealkylation sites (tertiary alicyclic amines) is 1. The summed E-state index contributed by atoms with van der Waals surface area (Å²) in [4.78, 5) is 27.1. The van der Waals surface area contributed by atoms with Crippen LogP contribution in [0.3, 0.4) is 0 Å². The molecule has 0 spiro atoms. The average molecular weight is 400 g/mol. The molecule has 0 saturated carbocycles. The zero-order chi connectivity index (χ0) is 17.8. The quantitative estimate of drug-likeness (QED) is 0.821. The van der Waals surface area contributed by atoms with Gasteiger partial charge in [-0.05, 0) is 63.4 Å². The molecule has 2 aliphatic rings. The number of nitrogens with zero attached hydrogens (tertiary/aromatic N) is 1. The molecule has 3 rings (SSSR count). The molecule has 2 aliphatic heterocycles. The highest BCUT2D eigenvalue weighted by Gasteiger charge is 2.30. The molecule has 1 aromatic rings.